The van der Waals surface area contributed by atoms with E-state index in [9.17, 15) is 0 Å². The molecule has 62 heavy (non-hydrogen) atoms. The van der Waals surface area contributed by atoms with Crippen molar-refractivity contribution in [2.45, 2.75) is 195 Å². The Hall–Kier alpha value is -4.18. The van der Waals surface area contributed by atoms with Crippen molar-refractivity contribution in [3.05, 3.63) is 111 Å². The molecule has 5 aromatic rings. The Morgan fingerprint density at radius 3 is 1.52 bits per heavy atom. The number of rotatable bonds is 2. The van der Waals surface area contributed by atoms with E-state index in [0.717, 1.165) is 18.7 Å². The first-order valence-electron chi connectivity index (χ1n) is 23.8. The van der Waals surface area contributed by atoms with Gasteiger partial charge in [0.1, 0.15) is 5.76 Å². The van der Waals surface area contributed by atoms with Crippen molar-refractivity contribution in [1.82, 2.24) is 0 Å². The van der Waals surface area contributed by atoms with Crippen LogP contribution >= 0.6 is 0 Å². The average molecular weight is 827 g/mol. The highest BCUT2D eigenvalue weighted by atomic mass is 16.4. The van der Waals surface area contributed by atoms with Crippen molar-refractivity contribution in [2.75, 3.05) is 9.80 Å². The Morgan fingerprint density at radius 1 is 0.468 bits per heavy atom. The lowest BCUT2D eigenvalue weighted by Gasteiger charge is -2.46. The fourth-order valence-electron chi connectivity index (χ4n) is 11.6. The molecule has 0 fully saturated rings. The third kappa shape index (κ3) is 6.41. The quantitative estimate of drug-likeness (QED) is 0.162. The molecule has 0 radical (unpaired) electrons. The summed E-state index contributed by atoms with van der Waals surface area (Å²) in [5.41, 5.74) is 21.4. The molecule has 9 rings (SSSR count). The summed E-state index contributed by atoms with van der Waals surface area (Å²) in [4.78, 5) is 5.26. The summed E-state index contributed by atoms with van der Waals surface area (Å²) in [6.07, 6.45) is 4.58. The van der Waals surface area contributed by atoms with Crippen LogP contribution < -0.4 is 26.2 Å². The first-order valence-corrected chi connectivity index (χ1v) is 23.8. The van der Waals surface area contributed by atoms with Crippen LogP contribution in [0.4, 0.5) is 34.3 Å². The molecule has 0 spiro atoms. The highest BCUT2D eigenvalue weighted by Gasteiger charge is 2.53. The van der Waals surface area contributed by atoms with Crippen molar-refractivity contribution in [3.8, 4) is 0 Å². The minimum Gasteiger partial charge on any atom is -0.444 e. The molecule has 0 atom stereocenters. The first kappa shape index (κ1) is 43.1. The van der Waals surface area contributed by atoms with Crippen LogP contribution in [0.5, 0.6) is 0 Å². The maximum atomic E-state index is 7.72. The summed E-state index contributed by atoms with van der Waals surface area (Å²) in [6.45, 7) is 45.5. The zero-order chi connectivity index (χ0) is 45.2. The summed E-state index contributed by atoms with van der Waals surface area (Å²) in [5.74, 6) is 2.20. The molecule has 3 nitrogen and oxygen atoms in total. The lowest BCUT2D eigenvalue weighted by molar-refractivity contribution is 0.280. The summed E-state index contributed by atoms with van der Waals surface area (Å²) < 4.78 is 7.72. The molecule has 2 aliphatic heterocycles. The lowest BCUT2D eigenvalue weighted by Crippen LogP contribution is -2.63. The minimum atomic E-state index is -0.108. The van der Waals surface area contributed by atoms with E-state index in [1.165, 1.54) is 108 Å². The Balaban J connectivity index is 1.47. The van der Waals surface area contributed by atoms with E-state index >= 15 is 0 Å². The number of hydrogen-bond acceptors (Lipinski definition) is 3. The Bertz CT molecular complexity index is 2680. The highest BCUT2D eigenvalue weighted by Crippen LogP contribution is 2.55. The summed E-state index contributed by atoms with van der Waals surface area (Å²) >= 11 is 0. The van der Waals surface area contributed by atoms with E-state index in [0.29, 0.717) is 0 Å². The fraction of sp³-hybridized carbons (Fsp3) is 0.517. The molecule has 0 saturated heterocycles. The van der Waals surface area contributed by atoms with Crippen LogP contribution in [0.2, 0.25) is 0 Å². The SMILES string of the molecule is Cc1cc(C(C)(C)C)ccc1N1c2ccc(C(C)(C)C)cc2B2c3c1cc(C(C)(C)C)cc3N(c1cc3c(cc1C)C(C)(C)CCC3(C)C)c1oc3c(c12)C(C)(C)CCC3(C)C. The minimum absolute atomic E-state index is 0.00282. The molecule has 3 heterocycles. The smallest absolute Gasteiger partial charge is 0.256 e. The molecule has 0 amide bonds. The normalized spacial score (nSPS) is 19.4. The van der Waals surface area contributed by atoms with E-state index in [1.807, 2.05) is 0 Å². The van der Waals surface area contributed by atoms with Crippen molar-refractivity contribution in [3.63, 3.8) is 0 Å². The molecule has 4 aliphatic rings. The molecule has 4 heteroatoms. The summed E-state index contributed by atoms with van der Waals surface area (Å²) in [5, 5.41) is 0. The van der Waals surface area contributed by atoms with E-state index < -0.39 is 0 Å². The largest absolute Gasteiger partial charge is 0.444 e. The zero-order valence-electron chi connectivity index (χ0n) is 42.0. The maximum absolute atomic E-state index is 7.72. The molecular weight excluding hydrogens is 751 g/mol. The van der Waals surface area contributed by atoms with Gasteiger partial charge in [-0.05, 0) is 163 Å². The van der Waals surface area contributed by atoms with Crippen molar-refractivity contribution in [2.24, 2.45) is 0 Å². The van der Waals surface area contributed by atoms with Crippen LogP contribution in [0.15, 0.2) is 65.1 Å². The van der Waals surface area contributed by atoms with Crippen molar-refractivity contribution >= 4 is 57.4 Å². The van der Waals surface area contributed by atoms with Gasteiger partial charge in [0.05, 0.1) is 5.69 Å². The molecule has 1 aromatic heterocycles. The van der Waals surface area contributed by atoms with E-state index in [-0.39, 0.29) is 44.6 Å². The van der Waals surface area contributed by atoms with Gasteiger partial charge in [0.15, 0.2) is 5.88 Å². The van der Waals surface area contributed by atoms with Gasteiger partial charge in [-0.15, -0.1) is 0 Å². The molecule has 2 aliphatic carbocycles. The van der Waals surface area contributed by atoms with Crippen molar-refractivity contribution < 1.29 is 4.42 Å². The second kappa shape index (κ2) is 13.2. The number of fused-ring (bicyclic) bond motifs is 7. The van der Waals surface area contributed by atoms with Gasteiger partial charge in [-0.3, -0.25) is 4.90 Å². The monoisotopic (exact) mass is 827 g/mol. The number of hydrogen-bond donors (Lipinski definition) is 0. The van der Waals surface area contributed by atoms with Crippen LogP contribution in [0.1, 0.15) is 194 Å². The number of nitrogens with zero attached hydrogens (tertiary/aromatic N) is 2. The molecule has 0 saturated carbocycles. The molecule has 0 unspecified atom stereocenters. The van der Waals surface area contributed by atoms with Gasteiger partial charge in [-0.2, -0.15) is 0 Å². The van der Waals surface area contributed by atoms with Gasteiger partial charge in [-0.25, -0.2) is 0 Å². The summed E-state index contributed by atoms with van der Waals surface area (Å²) in [7, 11) is 0. The first-order chi connectivity index (χ1) is 28.4. The van der Waals surface area contributed by atoms with E-state index in [4.69, 9.17) is 4.42 Å². The number of anilines is 6. The van der Waals surface area contributed by atoms with Crippen LogP contribution in [0.25, 0.3) is 0 Å². The predicted octanol–water partition coefficient (Wildman–Crippen LogP) is 14.6. The van der Waals surface area contributed by atoms with Crippen molar-refractivity contribution in [1.29, 1.82) is 0 Å². The standard InChI is InChI=1S/C58H75BN2O/c1-34-28-36(52(3,4)5)20-22-42(34)60-43-23-21-37(53(6,7)8)30-41(43)59-48-45(60)31-38(54(9,10)11)32-46(48)61(51-49(59)47-50(62-51)58(18,19)27-26-57(47,16)17)44-33-40-39(29-35(44)2)55(12,13)24-25-56(40,14)15/h20-23,28-33H,24-27H2,1-19H3. The van der Waals surface area contributed by atoms with Gasteiger partial charge >= 0.3 is 0 Å². The zero-order valence-corrected chi connectivity index (χ0v) is 42.0. The lowest BCUT2D eigenvalue weighted by atomic mass is 9.32. The Morgan fingerprint density at radius 2 is 0.952 bits per heavy atom. The van der Waals surface area contributed by atoms with Gasteiger partial charge in [-0.1, -0.05) is 148 Å². The number of aryl methyl sites for hydroxylation is 2. The fourth-order valence-corrected chi connectivity index (χ4v) is 11.6. The second-order valence-electron chi connectivity index (χ2n) is 25.8. The van der Waals surface area contributed by atoms with E-state index in [1.54, 1.807) is 0 Å². The van der Waals surface area contributed by atoms with Gasteiger partial charge in [0, 0.05) is 28.2 Å². The van der Waals surface area contributed by atoms with Crippen LogP contribution in [-0.2, 0) is 37.9 Å². The molecule has 0 N–H and O–H groups in total. The topological polar surface area (TPSA) is 19.6 Å². The molecule has 4 aromatic carbocycles. The van der Waals surface area contributed by atoms with Crippen LogP contribution in [0, 0.1) is 13.8 Å². The van der Waals surface area contributed by atoms with E-state index in [2.05, 4.69) is 202 Å². The third-order valence-corrected chi connectivity index (χ3v) is 16.0. The second-order valence-corrected chi connectivity index (χ2v) is 25.8. The van der Waals surface area contributed by atoms with Gasteiger partial charge < -0.3 is 9.32 Å². The van der Waals surface area contributed by atoms with Crippen LogP contribution in [0.3, 0.4) is 0 Å². The summed E-state index contributed by atoms with van der Waals surface area (Å²) in [6, 6.07) is 24.9. The molecule has 326 valence electrons. The maximum Gasteiger partial charge on any atom is 0.256 e. The molecular formula is C58H75BN2O. The van der Waals surface area contributed by atoms with Gasteiger partial charge in [0.25, 0.3) is 6.71 Å². The van der Waals surface area contributed by atoms with Gasteiger partial charge in [0.2, 0.25) is 0 Å². The highest BCUT2D eigenvalue weighted by molar-refractivity contribution is 7.00. The Labute approximate surface area is 376 Å². The van der Waals surface area contributed by atoms with Crippen LogP contribution in [-0.4, -0.2) is 6.71 Å². The number of furan rings is 1. The third-order valence-electron chi connectivity index (χ3n) is 16.0. The Kier molecular flexibility index (Phi) is 9.18. The predicted molar refractivity (Wildman–Crippen MR) is 269 cm³/mol. The average Bonchev–Trinajstić information content (AvgIpc) is 3.57. The molecule has 0 bridgehead atoms. The number of benzene rings is 4.